The van der Waals surface area contributed by atoms with E-state index in [-0.39, 0.29) is 18.4 Å². The van der Waals surface area contributed by atoms with Crippen molar-refractivity contribution in [3.8, 4) is 0 Å². The third kappa shape index (κ3) is 4.53. The van der Waals surface area contributed by atoms with Crippen molar-refractivity contribution in [2.45, 2.75) is 64.4 Å². The van der Waals surface area contributed by atoms with Crippen LogP contribution >= 0.6 is 0 Å². The van der Waals surface area contributed by atoms with E-state index < -0.39 is 35.2 Å². The van der Waals surface area contributed by atoms with Gasteiger partial charge in [-0.3, -0.25) is 9.53 Å². The Kier molecular flexibility index (Phi) is 6.22. The topological polar surface area (TPSA) is 71.1 Å². The molecule has 0 spiro atoms. The first-order valence-corrected chi connectivity index (χ1v) is 8.68. The van der Waals surface area contributed by atoms with E-state index in [1.807, 2.05) is 0 Å². The summed E-state index contributed by atoms with van der Waals surface area (Å²) in [4.78, 5) is 32.4. The summed E-state index contributed by atoms with van der Waals surface area (Å²) in [6.45, 7) is 5.63. The Balaban J connectivity index is 2.37. The Morgan fingerprint density at radius 1 is 1.21 bits per heavy atom. The van der Waals surface area contributed by atoms with Gasteiger partial charge < -0.3 is 9.53 Å². The van der Waals surface area contributed by atoms with Crippen LogP contribution in [0.2, 0.25) is 0 Å². The highest BCUT2D eigenvalue weighted by molar-refractivity contribution is 5.66. The summed E-state index contributed by atoms with van der Waals surface area (Å²) in [6.07, 6.45) is -5.25. The molecule has 156 valence electrons. The minimum atomic E-state index is -4.98. The van der Waals surface area contributed by atoms with Gasteiger partial charge in [-0.25, -0.2) is 0 Å². The smallest absolute Gasteiger partial charge is 0.451 e. The molecule has 0 N–H and O–H groups in total. The molecule has 0 bridgehead atoms. The van der Waals surface area contributed by atoms with Gasteiger partial charge in [-0.2, -0.15) is 22.9 Å². The number of hydrogen-bond acceptors (Lipinski definition) is 6. The Morgan fingerprint density at radius 3 is 2.32 bits per heavy atom. The van der Waals surface area contributed by atoms with Crippen LogP contribution in [-0.2, 0) is 34.6 Å². The Morgan fingerprint density at radius 2 is 1.82 bits per heavy atom. The molecule has 3 unspecified atom stereocenters. The van der Waals surface area contributed by atoms with Crippen molar-refractivity contribution in [2.75, 3.05) is 0 Å². The average molecular weight is 404 g/mol. The SMILES string of the molecule is CC(=O)OC(CCC(C)(C)C=O)C1(C)OOC(c2ccccc2)(C(F)(F)F)O1. The van der Waals surface area contributed by atoms with E-state index in [1.54, 1.807) is 19.9 Å². The molecular weight excluding hydrogens is 381 g/mol. The summed E-state index contributed by atoms with van der Waals surface area (Å²) in [5.41, 5.74) is -1.09. The molecule has 6 nitrogen and oxygen atoms in total. The first-order chi connectivity index (χ1) is 12.9. The summed E-state index contributed by atoms with van der Waals surface area (Å²) in [6, 6.07) is 6.74. The highest BCUT2D eigenvalue weighted by Crippen LogP contribution is 2.52. The lowest BCUT2D eigenvalue weighted by molar-refractivity contribution is -0.422. The Bertz CT molecular complexity index is 705. The number of esters is 1. The van der Waals surface area contributed by atoms with Gasteiger partial charge in [0.2, 0.25) is 5.79 Å². The Hall–Kier alpha value is -1.97. The summed E-state index contributed by atoms with van der Waals surface area (Å²) in [5, 5.41) is 0. The lowest BCUT2D eigenvalue weighted by Gasteiger charge is -2.33. The third-order valence-electron chi connectivity index (χ3n) is 4.46. The molecule has 2 rings (SSSR count). The lowest BCUT2D eigenvalue weighted by Crippen LogP contribution is -2.49. The van der Waals surface area contributed by atoms with Gasteiger partial charge in [-0.1, -0.05) is 44.2 Å². The van der Waals surface area contributed by atoms with Crippen molar-refractivity contribution >= 4 is 12.3 Å². The van der Waals surface area contributed by atoms with Crippen LogP contribution in [0.1, 0.15) is 46.1 Å². The van der Waals surface area contributed by atoms with Crippen LogP contribution in [0.5, 0.6) is 0 Å². The predicted molar refractivity (Wildman–Crippen MR) is 90.5 cm³/mol. The fourth-order valence-corrected chi connectivity index (χ4v) is 2.80. The van der Waals surface area contributed by atoms with Crippen molar-refractivity contribution in [3.63, 3.8) is 0 Å². The van der Waals surface area contributed by atoms with Gasteiger partial charge in [0.15, 0.2) is 6.10 Å². The van der Waals surface area contributed by atoms with E-state index in [9.17, 15) is 22.8 Å². The number of hydrogen-bond donors (Lipinski definition) is 0. The summed E-state index contributed by atoms with van der Waals surface area (Å²) in [7, 11) is 0. The first-order valence-electron chi connectivity index (χ1n) is 8.68. The lowest BCUT2D eigenvalue weighted by atomic mass is 9.87. The van der Waals surface area contributed by atoms with Crippen molar-refractivity contribution in [3.05, 3.63) is 35.9 Å². The van der Waals surface area contributed by atoms with E-state index in [2.05, 4.69) is 0 Å². The number of halogens is 3. The summed E-state index contributed by atoms with van der Waals surface area (Å²) in [5.74, 6) is -5.95. The minimum Gasteiger partial charge on any atom is -0.457 e. The molecular formula is C19H23F3O6. The minimum absolute atomic E-state index is 0.0217. The zero-order valence-corrected chi connectivity index (χ0v) is 16.0. The Labute approximate surface area is 160 Å². The van der Waals surface area contributed by atoms with Gasteiger partial charge in [0.1, 0.15) is 6.29 Å². The standard InChI is InChI=1S/C19H23F3O6/c1-13(24)25-15(10-11-16(2,3)12-23)17(4)26-18(28-27-17,19(20,21)22)14-8-6-5-7-9-14/h5-9,12,15H,10-11H2,1-4H3. The fraction of sp³-hybridized carbons (Fsp3) is 0.579. The van der Waals surface area contributed by atoms with Crippen LogP contribution in [0.25, 0.3) is 0 Å². The molecule has 0 aliphatic carbocycles. The zero-order chi connectivity index (χ0) is 21.2. The molecule has 0 radical (unpaired) electrons. The van der Waals surface area contributed by atoms with Gasteiger partial charge in [-0.05, 0) is 19.8 Å². The van der Waals surface area contributed by atoms with Gasteiger partial charge in [0.25, 0.3) is 0 Å². The number of alkyl halides is 3. The molecule has 0 amide bonds. The quantitative estimate of drug-likeness (QED) is 0.388. The molecule has 1 heterocycles. The summed E-state index contributed by atoms with van der Waals surface area (Å²) >= 11 is 0. The normalized spacial score (nSPS) is 26.7. The van der Waals surface area contributed by atoms with Crippen molar-refractivity contribution in [1.82, 2.24) is 0 Å². The second kappa shape index (κ2) is 7.81. The maximum atomic E-state index is 13.9. The maximum absolute atomic E-state index is 13.9. The number of ether oxygens (including phenoxy) is 2. The van der Waals surface area contributed by atoms with Crippen LogP contribution in [0, 0.1) is 5.41 Å². The van der Waals surface area contributed by atoms with Crippen molar-refractivity contribution < 1.29 is 42.0 Å². The first kappa shape index (κ1) is 22.3. The van der Waals surface area contributed by atoms with Crippen LogP contribution in [0.3, 0.4) is 0 Å². The fourth-order valence-electron chi connectivity index (χ4n) is 2.80. The number of aldehydes is 1. The number of rotatable bonds is 7. The molecule has 3 atom stereocenters. The van der Waals surface area contributed by atoms with E-state index >= 15 is 0 Å². The van der Waals surface area contributed by atoms with Crippen LogP contribution in [0.4, 0.5) is 13.2 Å². The van der Waals surface area contributed by atoms with Gasteiger partial charge in [0, 0.05) is 17.9 Å². The maximum Gasteiger partial charge on any atom is 0.451 e. The average Bonchev–Trinajstić information content (AvgIpc) is 2.99. The van der Waals surface area contributed by atoms with Gasteiger partial charge in [0.05, 0.1) is 0 Å². The molecule has 1 aromatic carbocycles. The zero-order valence-electron chi connectivity index (χ0n) is 16.0. The van der Waals surface area contributed by atoms with Crippen LogP contribution < -0.4 is 0 Å². The molecule has 9 heteroatoms. The number of carbonyl (C=O) groups excluding carboxylic acids is 2. The molecule has 1 saturated heterocycles. The van der Waals surface area contributed by atoms with Gasteiger partial charge in [-0.15, -0.1) is 0 Å². The second-order valence-corrected chi connectivity index (χ2v) is 7.51. The molecule has 1 fully saturated rings. The molecule has 0 saturated carbocycles. The van der Waals surface area contributed by atoms with E-state index in [4.69, 9.17) is 19.2 Å². The van der Waals surface area contributed by atoms with E-state index in [0.29, 0.717) is 0 Å². The summed E-state index contributed by atoms with van der Waals surface area (Å²) < 4.78 is 52.2. The molecule has 0 aromatic heterocycles. The molecule has 1 aliphatic heterocycles. The monoisotopic (exact) mass is 404 g/mol. The van der Waals surface area contributed by atoms with Crippen molar-refractivity contribution in [1.29, 1.82) is 0 Å². The van der Waals surface area contributed by atoms with Crippen LogP contribution in [0.15, 0.2) is 30.3 Å². The predicted octanol–water partition coefficient (Wildman–Crippen LogP) is 4.03. The van der Waals surface area contributed by atoms with E-state index in [0.717, 1.165) is 13.2 Å². The number of carbonyl (C=O) groups is 2. The second-order valence-electron chi connectivity index (χ2n) is 7.51. The highest BCUT2D eigenvalue weighted by Gasteiger charge is 2.69. The van der Waals surface area contributed by atoms with Crippen LogP contribution in [-0.4, -0.2) is 30.3 Å². The van der Waals surface area contributed by atoms with Crippen molar-refractivity contribution in [2.24, 2.45) is 5.41 Å². The molecule has 28 heavy (non-hydrogen) atoms. The number of benzene rings is 1. The van der Waals surface area contributed by atoms with E-state index in [1.165, 1.54) is 31.2 Å². The van der Waals surface area contributed by atoms with Gasteiger partial charge >= 0.3 is 17.9 Å². The molecule has 1 aromatic rings. The third-order valence-corrected chi connectivity index (χ3v) is 4.46. The molecule has 1 aliphatic rings. The highest BCUT2D eigenvalue weighted by atomic mass is 19.4. The largest absolute Gasteiger partial charge is 0.457 e.